The number of rotatable bonds is 6. The monoisotopic (exact) mass is 395 g/mol. The number of carbonyl (C=O) groups is 1. The Morgan fingerprint density at radius 1 is 1.12 bits per heavy atom. The van der Waals surface area contributed by atoms with E-state index >= 15 is 0 Å². The molecule has 26 heavy (non-hydrogen) atoms. The molecule has 2 aromatic rings. The smallest absolute Gasteiger partial charge is 0.245 e. The second-order valence-electron chi connectivity index (χ2n) is 6.19. The van der Waals surface area contributed by atoms with E-state index in [0.717, 1.165) is 16.2 Å². The lowest BCUT2D eigenvalue weighted by atomic mass is 10.2. The maximum Gasteiger partial charge on any atom is 0.245 e. The fourth-order valence-electron chi connectivity index (χ4n) is 2.41. The number of halogens is 1. The van der Waals surface area contributed by atoms with Crippen LogP contribution in [0.5, 0.6) is 0 Å². The van der Waals surface area contributed by atoms with Gasteiger partial charge in [0.15, 0.2) is 0 Å². The van der Waals surface area contributed by atoms with Crippen LogP contribution < -0.4 is 14.5 Å². The summed E-state index contributed by atoms with van der Waals surface area (Å²) in [7, 11) is 0.188. The van der Waals surface area contributed by atoms with Crippen molar-refractivity contribution in [2.45, 2.75) is 6.92 Å². The van der Waals surface area contributed by atoms with Crippen molar-refractivity contribution in [1.29, 1.82) is 0 Å². The fourth-order valence-corrected chi connectivity index (χ4v) is 3.48. The molecule has 0 fully saturated rings. The number of aryl methyl sites for hydroxylation is 1. The first-order valence-electron chi connectivity index (χ1n) is 7.89. The lowest BCUT2D eigenvalue weighted by Crippen LogP contribution is -2.37. The molecule has 140 valence electrons. The summed E-state index contributed by atoms with van der Waals surface area (Å²) >= 11 is 5.99. The molecule has 0 heterocycles. The van der Waals surface area contributed by atoms with E-state index in [1.54, 1.807) is 31.2 Å². The van der Waals surface area contributed by atoms with E-state index < -0.39 is 15.9 Å². The molecule has 2 rings (SSSR count). The zero-order valence-corrected chi connectivity index (χ0v) is 16.7. The van der Waals surface area contributed by atoms with Crippen molar-refractivity contribution in [2.24, 2.45) is 0 Å². The van der Waals surface area contributed by atoms with Crippen LogP contribution >= 0.6 is 11.6 Å². The predicted octanol–water partition coefficient (Wildman–Crippen LogP) is 3.12. The molecule has 0 bridgehead atoms. The molecule has 0 saturated carbocycles. The molecule has 0 unspecified atom stereocenters. The van der Waals surface area contributed by atoms with Crippen LogP contribution in [-0.2, 0) is 14.8 Å². The van der Waals surface area contributed by atoms with Gasteiger partial charge in [0, 0.05) is 30.5 Å². The highest BCUT2D eigenvalue weighted by molar-refractivity contribution is 7.92. The molecule has 1 amide bonds. The maximum absolute atomic E-state index is 12.4. The fraction of sp³-hybridized carbons (Fsp3) is 0.278. The molecule has 6 nitrogen and oxygen atoms in total. The minimum absolute atomic E-state index is 0.338. The third-order valence-corrected chi connectivity index (χ3v) is 5.16. The lowest BCUT2D eigenvalue weighted by molar-refractivity contribution is -0.114. The van der Waals surface area contributed by atoms with Gasteiger partial charge in [-0.25, -0.2) is 8.42 Å². The van der Waals surface area contributed by atoms with Crippen LogP contribution in [0.4, 0.5) is 17.1 Å². The van der Waals surface area contributed by atoms with Crippen LogP contribution in [0, 0.1) is 6.92 Å². The van der Waals surface area contributed by atoms with E-state index in [0.29, 0.717) is 22.0 Å². The predicted molar refractivity (Wildman–Crippen MR) is 108 cm³/mol. The Bertz CT molecular complexity index is 896. The van der Waals surface area contributed by atoms with Crippen LogP contribution in [-0.4, -0.2) is 41.2 Å². The number of hydrogen-bond donors (Lipinski definition) is 1. The summed E-state index contributed by atoms with van der Waals surface area (Å²) in [6, 6.07) is 12.2. The first kappa shape index (κ1) is 20.1. The highest BCUT2D eigenvalue weighted by atomic mass is 35.5. The van der Waals surface area contributed by atoms with Gasteiger partial charge in [0.05, 0.1) is 11.9 Å². The summed E-state index contributed by atoms with van der Waals surface area (Å²) in [5.74, 6) is -0.438. The molecule has 0 radical (unpaired) electrons. The minimum Gasteiger partial charge on any atom is -0.378 e. The Morgan fingerprint density at radius 2 is 1.73 bits per heavy atom. The molecule has 0 aliphatic carbocycles. The number of benzene rings is 2. The SMILES string of the molecule is Cc1ccc(Cl)cc1N(CC(=O)Nc1ccc(N(C)C)cc1)S(C)(=O)=O. The molecule has 0 saturated heterocycles. The Balaban J connectivity index is 2.21. The van der Waals surface area contributed by atoms with E-state index in [4.69, 9.17) is 11.6 Å². The number of nitrogens with one attached hydrogen (secondary N) is 1. The van der Waals surface area contributed by atoms with E-state index in [1.165, 1.54) is 6.07 Å². The molecule has 1 N–H and O–H groups in total. The summed E-state index contributed by atoms with van der Waals surface area (Å²) in [5.41, 5.74) is 2.69. The zero-order chi connectivity index (χ0) is 19.5. The Labute approximate surface area is 159 Å². The molecule has 2 aromatic carbocycles. The molecular formula is C18H22ClN3O3S. The summed E-state index contributed by atoms with van der Waals surface area (Å²) in [4.78, 5) is 14.3. The molecule has 0 atom stereocenters. The minimum atomic E-state index is -3.66. The van der Waals surface area contributed by atoms with Crippen molar-refractivity contribution >= 4 is 44.6 Å². The van der Waals surface area contributed by atoms with Crippen molar-refractivity contribution in [3.63, 3.8) is 0 Å². The average molecular weight is 396 g/mol. The van der Waals surface area contributed by atoms with Gasteiger partial charge in [-0.05, 0) is 48.9 Å². The van der Waals surface area contributed by atoms with Crippen molar-refractivity contribution < 1.29 is 13.2 Å². The maximum atomic E-state index is 12.4. The van der Waals surface area contributed by atoms with Crippen LogP contribution in [0.3, 0.4) is 0 Å². The summed E-state index contributed by atoms with van der Waals surface area (Å²) in [5, 5.41) is 3.12. The topological polar surface area (TPSA) is 69.7 Å². The van der Waals surface area contributed by atoms with E-state index in [-0.39, 0.29) is 6.54 Å². The Kier molecular flexibility index (Phi) is 6.15. The zero-order valence-electron chi connectivity index (χ0n) is 15.2. The Hall–Kier alpha value is -2.25. The molecule has 0 spiro atoms. The molecule has 0 aliphatic rings. The number of nitrogens with zero attached hydrogens (tertiary/aromatic N) is 2. The van der Waals surface area contributed by atoms with Gasteiger partial charge in [-0.2, -0.15) is 0 Å². The van der Waals surface area contributed by atoms with Crippen LogP contribution in [0.1, 0.15) is 5.56 Å². The van der Waals surface area contributed by atoms with Gasteiger partial charge in [0.25, 0.3) is 0 Å². The summed E-state index contributed by atoms with van der Waals surface area (Å²) < 4.78 is 25.5. The number of amides is 1. The van der Waals surface area contributed by atoms with Gasteiger partial charge in [-0.3, -0.25) is 9.10 Å². The van der Waals surface area contributed by atoms with Gasteiger partial charge in [0.2, 0.25) is 15.9 Å². The molecule has 0 aliphatic heterocycles. The van der Waals surface area contributed by atoms with Crippen molar-refractivity contribution in [2.75, 3.05) is 41.4 Å². The van der Waals surface area contributed by atoms with Gasteiger partial charge < -0.3 is 10.2 Å². The van der Waals surface area contributed by atoms with Gasteiger partial charge in [-0.1, -0.05) is 17.7 Å². The van der Waals surface area contributed by atoms with Gasteiger partial charge >= 0.3 is 0 Å². The quantitative estimate of drug-likeness (QED) is 0.815. The van der Waals surface area contributed by atoms with E-state index in [9.17, 15) is 13.2 Å². The third kappa shape index (κ3) is 5.12. The molecule has 8 heteroatoms. The second kappa shape index (κ2) is 7.97. The molecule has 0 aromatic heterocycles. The second-order valence-corrected chi connectivity index (χ2v) is 8.53. The van der Waals surface area contributed by atoms with E-state index in [2.05, 4.69) is 5.32 Å². The van der Waals surface area contributed by atoms with Gasteiger partial charge in [0.1, 0.15) is 6.54 Å². The third-order valence-electron chi connectivity index (χ3n) is 3.79. The van der Waals surface area contributed by atoms with Crippen LogP contribution in [0.25, 0.3) is 0 Å². The highest BCUT2D eigenvalue weighted by Gasteiger charge is 2.22. The van der Waals surface area contributed by atoms with Gasteiger partial charge in [-0.15, -0.1) is 0 Å². The number of hydrogen-bond acceptors (Lipinski definition) is 4. The summed E-state index contributed by atoms with van der Waals surface area (Å²) in [6.45, 7) is 1.43. The number of sulfonamides is 1. The van der Waals surface area contributed by atoms with Crippen molar-refractivity contribution in [1.82, 2.24) is 0 Å². The molecular weight excluding hydrogens is 374 g/mol. The first-order chi connectivity index (χ1) is 12.1. The summed E-state index contributed by atoms with van der Waals surface area (Å²) in [6.07, 6.45) is 1.06. The highest BCUT2D eigenvalue weighted by Crippen LogP contribution is 2.26. The lowest BCUT2D eigenvalue weighted by Gasteiger charge is -2.24. The Morgan fingerprint density at radius 3 is 2.27 bits per heavy atom. The standard InChI is InChI=1S/C18H22ClN3O3S/c1-13-5-6-14(19)11-17(13)22(26(4,24)25)12-18(23)20-15-7-9-16(10-8-15)21(2)3/h5-11H,12H2,1-4H3,(H,20,23). The van der Waals surface area contributed by atoms with Crippen LogP contribution in [0.15, 0.2) is 42.5 Å². The van der Waals surface area contributed by atoms with Crippen LogP contribution in [0.2, 0.25) is 5.02 Å². The number of anilines is 3. The largest absolute Gasteiger partial charge is 0.378 e. The van der Waals surface area contributed by atoms with Crippen molar-refractivity contribution in [3.8, 4) is 0 Å². The van der Waals surface area contributed by atoms with Crippen molar-refractivity contribution in [3.05, 3.63) is 53.1 Å². The number of carbonyl (C=O) groups excluding carboxylic acids is 1. The first-order valence-corrected chi connectivity index (χ1v) is 10.1. The average Bonchev–Trinajstić information content (AvgIpc) is 2.54. The van der Waals surface area contributed by atoms with E-state index in [1.807, 2.05) is 31.1 Å². The normalized spacial score (nSPS) is 11.1.